The summed E-state index contributed by atoms with van der Waals surface area (Å²) in [7, 11) is -1.47. The molecule has 1 fully saturated rings. The Balaban J connectivity index is 1.80. The van der Waals surface area contributed by atoms with Crippen molar-refractivity contribution in [3.05, 3.63) is 65.7 Å². The summed E-state index contributed by atoms with van der Waals surface area (Å²) in [4.78, 5) is 14.7. The largest absolute Gasteiger partial charge is 0.497 e. The van der Waals surface area contributed by atoms with Crippen LogP contribution in [-0.2, 0) is 27.6 Å². The van der Waals surface area contributed by atoms with Crippen molar-refractivity contribution in [1.82, 2.24) is 4.90 Å². The Labute approximate surface area is 154 Å². The number of hydrogen-bond acceptors (Lipinski definition) is 4. The summed E-state index contributed by atoms with van der Waals surface area (Å²) in [5.41, 5.74) is 1.85. The Morgan fingerprint density at radius 1 is 1.12 bits per heavy atom. The van der Waals surface area contributed by atoms with Gasteiger partial charge in [-0.3, -0.25) is 4.79 Å². The molecule has 0 aromatic heterocycles. The van der Waals surface area contributed by atoms with Crippen molar-refractivity contribution >= 4 is 15.7 Å². The molecule has 2 aromatic carbocycles. The van der Waals surface area contributed by atoms with Crippen molar-refractivity contribution in [3.63, 3.8) is 0 Å². The van der Waals surface area contributed by atoms with Crippen LogP contribution in [0.2, 0.25) is 0 Å². The molecule has 1 heterocycles. The minimum atomic E-state index is -3.06. The molecular weight excluding hydrogens is 350 g/mol. The molecule has 6 heteroatoms. The highest BCUT2D eigenvalue weighted by Crippen LogP contribution is 2.22. The molecule has 1 aliphatic rings. The number of amides is 1. The molecule has 1 saturated heterocycles. The van der Waals surface area contributed by atoms with Crippen LogP contribution in [0.15, 0.2) is 54.6 Å². The third-order valence-electron chi connectivity index (χ3n) is 4.65. The lowest BCUT2D eigenvalue weighted by Gasteiger charge is -2.28. The van der Waals surface area contributed by atoms with Gasteiger partial charge in [0.25, 0.3) is 0 Å². The third-order valence-corrected chi connectivity index (χ3v) is 6.41. The SMILES string of the molecule is COc1cccc(CC(=O)N(Cc2ccccc2)C2CCS(=O)(=O)C2)c1. The van der Waals surface area contributed by atoms with Crippen molar-refractivity contribution in [2.24, 2.45) is 0 Å². The van der Waals surface area contributed by atoms with Crippen LogP contribution in [0.5, 0.6) is 5.75 Å². The molecule has 0 bridgehead atoms. The first-order chi connectivity index (χ1) is 12.5. The molecule has 0 radical (unpaired) electrons. The summed E-state index contributed by atoms with van der Waals surface area (Å²) in [6.45, 7) is 0.420. The van der Waals surface area contributed by atoms with Gasteiger partial charge in [-0.1, -0.05) is 42.5 Å². The van der Waals surface area contributed by atoms with Gasteiger partial charge in [-0.2, -0.15) is 0 Å². The monoisotopic (exact) mass is 373 g/mol. The predicted octanol–water partition coefficient (Wildman–Crippen LogP) is 2.45. The van der Waals surface area contributed by atoms with E-state index in [0.29, 0.717) is 18.7 Å². The van der Waals surface area contributed by atoms with Crippen LogP contribution in [0.3, 0.4) is 0 Å². The average molecular weight is 373 g/mol. The van der Waals surface area contributed by atoms with Crippen molar-refractivity contribution < 1.29 is 17.9 Å². The topological polar surface area (TPSA) is 63.7 Å². The average Bonchev–Trinajstić information content (AvgIpc) is 3.00. The maximum atomic E-state index is 13.0. The van der Waals surface area contributed by atoms with Gasteiger partial charge in [0.15, 0.2) is 9.84 Å². The number of sulfone groups is 1. The molecule has 5 nitrogen and oxygen atoms in total. The van der Waals surface area contributed by atoms with Crippen molar-refractivity contribution in [1.29, 1.82) is 0 Å². The lowest BCUT2D eigenvalue weighted by atomic mass is 10.1. The van der Waals surface area contributed by atoms with Gasteiger partial charge >= 0.3 is 0 Å². The van der Waals surface area contributed by atoms with E-state index in [0.717, 1.165) is 11.1 Å². The summed E-state index contributed by atoms with van der Waals surface area (Å²) in [6, 6.07) is 16.8. The van der Waals surface area contributed by atoms with E-state index in [1.54, 1.807) is 12.0 Å². The number of nitrogens with zero attached hydrogens (tertiary/aromatic N) is 1. The normalized spacial score (nSPS) is 18.4. The molecule has 1 unspecified atom stereocenters. The number of hydrogen-bond donors (Lipinski definition) is 0. The maximum Gasteiger partial charge on any atom is 0.227 e. The molecule has 0 aliphatic carbocycles. The second-order valence-electron chi connectivity index (χ2n) is 6.59. The van der Waals surface area contributed by atoms with Crippen molar-refractivity contribution in [2.45, 2.75) is 25.4 Å². The van der Waals surface area contributed by atoms with Crippen LogP contribution in [0.25, 0.3) is 0 Å². The second kappa shape index (κ2) is 7.91. The standard InChI is InChI=1S/C20H23NO4S/c1-25-19-9-5-8-17(12-19)13-20(22)21(14-16-6-3-2-4-7-16)18-10-11-26(23,24)15-18/h2-9,12,18H,10-11,13-15H2,1H3. The molecule has 138 valence electrons. The third kappa shape index (κ3) is 4.64. The number of ether oxygens (including phenoxy) is 1. The Kier molecular flexibility index (Phi) is 5.61. The summed E-state index contributed by atoms with van der Waals surface area (Å²) in [5.74, 6) is 0.830. The maximum absolute atomic E-state index is 13.0. The quantitative estimate of drug-likeness (QED) is 0.780. The molecular formula is C20H23NO4S. The Morgan fingerprint density at radius 2 is 1.85 bits per heavy atom. The fourth-order valence-corrected chi connectivity index (χ4v) is 5.01. The van der Waals surface area contributed by atoms with Crippen molar-refractivity contribution in [3.8, 4) is 5.75 Å². The summed E-state index contributed by atoms with van der Waals surface area (Å²) >= 11 is 0. The summed E-state index contributed by atoms with van der Waals surface area (Å²) in [5, 5.41) is 0. The van der Waals surface area contributed by atoms with Gasteiger partial charge in [0.1, 0.15) is 5.75 Å². The van der Waals surface area contributed by atoms with Crippen LogP contribution in [0.4, 0.5) is 0 Å². The first-order valence-electron chi connectivity index (χ1n) is 8.63. The number of carbonyl (C=O) groups is 1. The Morgan fingerprint density at radius 3 is 2.50 bits per heavy atom. The fraction of sp³-hybridized carbons (Fsp3) is 0.350. The highest BCUT2D eigenvalue weighted by atomic mass is 32.2. The molecule has 3 rings (SSSR count). The zero-order valence-electron chi connectivity index (χ0n) is 14.8. The minimum absolute atomic E-state index is 0.0453. The van der Waals surface area contributed by atoms with Gasteiger partial charge in [0.05, 0.1) is 25.0 Å². The highest BCUT2D eigenvalue weighted by molar-refractivity contribution is 7.91. The zero-order chi connectivity index (χ0) is 18.6. The Bertz CT molecular complexity index is 864. The lowest BCUT2D eigenvalue weighted by Crippen LogP contribution is -2.41. The van der Waals surface area contributed by atoms with Crippen LogP contribution < -0.4 is 4.74 Å². The first-order valence-corrected chi connectivity index (χ1v) is 10.5. The molecule has 0 N–H and O–H groups in total. The van der Waals surface area contributed by atoms with Gasteiger partial charge in [-0.15, -0.1) is 0 Å². The number of benzene rings is 2. The molecule has 1 atom stereocenters. The summed E-state index contributed by atoms with van der Waals surface area (Å²) < 4.78 is 29.0. The van der Waals surface area contributed by atoms with Gasteiger partial charge in [0, 0.05) is 12.6 Å². The second-order valence-corrected chi connectivity index (χ2v) is 8.82. The fourth-order valence-electron chi connectivity index (χ4n) is 3.28. The smallest absolute Gasteiger partial charge is 0.227 e. The minimum Gasteiger partial charge on any atom is -0.497 e. The van der Waals surface area contributed by atoms with E-state index in [1.165, 1.54) is 0 Å². The van der Waals surface area contributed by atoms with E-state index in [2.05, 4.69) is 0 Å². The molecule has 1 amide bonds. The molecule has 0 saturated carbocycles. The number of carbonyl (C=O) groups excluding carboxylic acids is 1. The van der Waals surface area contributed by atoms with E-state index >= 15 is 0 Å². The zero-order valence-corrected chi connectivity index (χ0v) is 15.6. The van der Waals surface area contributed by atoms with Gasteiger partial charge in [0.2, 0.25) is 5.91 Å². The Hall–Kier alpha value is -2.34. The number of rotatable bonds is 6. The van der Waals surface area contributed by atoms with Crippen LogP contribution >= 0.6 is 0 Å². The highest BCUT2D eigenvalue weighted by Gasteiger charge is 2.34. The van der Waals surface area contributed by atoms with E-state index in [-0.39, 0.29) is 29.9 Å². The lowest BCUT2D eigenvalue weighted by molar-refractivity contribution is -0.133. The molecule has 26 heavy (non-hydrogen) atoms. The van der Waals surface area contributed by atoms with Crippen LogP contribution in [0, 0.1) is 0 Å². The van der Waals surface area contributed by atoms with Crippen LogP contribution in [0.1, 0.15) is 17.5 Å². The predicted molar refractivity (Wildman–Crippen MR) is 101 cm³/mol. The summed E-state index contributed by atoms with van der Waals surface area (Å²) in [6.07, 6.45) is 0.722. The van der Waals surface area contributed by atoms with E-state index < -0.39 is 9.84 Å². The van der Waals surface area contributed by atoms with Crippen molar-refractivity contribution in [2.75, 3.05) is 18.6 Å². The molecule has 1 aliphatic heterocycles. The molecule has 2 aromatic rings. The van der Waals surface area contributed by atoms with E-state index in [4.69, 9.17) is 4.74 Å². The van der Waals surface area contributed by atoms with Gasteiger partial charge in [-0.05, 0) is 29.7 Å². The number of methoxy groups -OCH3 is 1. The first kappa shape index (κ1) is 18.5. The van der Waals surface area contributed by atoms with Gasteiger partial charge < -0.3 is 9.64 Å². The molecule has 0 spiro atoms. The van der Waals surface area contributed by atoms with Crippen LogP contribution in [-0.4, -0.2) is 43.9 Å². The van der Waals surface area contributed by atoms with E-state index in [1.807, 2.05) is 54.6 Å². The van der Waals surface area contributed by atoms with Gasteiger partial charge in [-0.25, -0.2) is 8.42 Å². The van der Waals surface area contributed by atoms with E-state index in [9.17, 15) is 13.2 Å².